The number of aliphatic imine (C=N–C) groups is 2. The first-order valence-corrected chi connectivity index (χ1v) is 15.5. The highest BCUT2D eigenvalue weighted by Crippen LogP contribution is 2.44. The number of rotatable bonds is 5. The van der Waals surface area contributed by atoms with Gasteiger partial charge in [-0.15, -0.1) is 23.5 Å². The monoisotopic (exact) mass is 554 g/mol. The fourth-order valence-electron chi connectivity index (χ4n) is 4.97. The van der Waals surface area contributed by atoms with Crippen molar-refractivity contribution in [2.24, 2.45) is 9.98 Å². The number of thioether (sulfide) groups is 2. The Hall–Kier alpha value is -3.86. The highest BCUT2D eigenvalue weighted by atomic mass is 32.2. The molecule has 1 aliphatic rings. The highest BCUT2D eigenvalue weighted by Gasteiger charge is 2.21. The summed E-state index contributed by atoms with van der Waals surface area (Å²) in [6.07, 6.45) is 0. The zero-order valence-corrected chi connectivity index (χ0v) is 24.3. The van der Waals surface area contributed by atoms with E-state index in [-0.39, 0.29) is 0 Å². The summed E-state index contributed by atoms with van der Waals surface area (Å²) in [5.74, 6) is 2.04. The van der Waals surface area contributed by atoms with E-state index in [1.807, 2.05) is 0 Å². The normalized spacial score (nSPS) is 15.4. The SMILES string of the molecule is Cc1cccc(C)c1/N=C1\SCCS\C1=N/c1c(-c2ccccc2)cc(-c2ccccc2)cc1-c1ccccc1. The molecule has 0 N–H and O–H groups in total. The van der Waals surface area contributed by atoms with Crippen LogP contribution >= 0.6 is 23.5 Å². The Morgan fingerprint density at radius 2 is 0.875 bits per heavy atom. The van der Waals surface area contributed by atoms with Gasteiger partial charge in [0.05, 0.1) is 11.4 Å². The standard InChI is InChI=1S/C36H30N2S2/c1-25-13-12-14-26(2)33(25)37-35-36(40-22-21-39-35)38-34-31(28-17-8-4-9-18-28)23-30(27-15-6-3-7-16-27)24-32(34)29-19-10-5-11-20-29/h3-20,23-24H,21-22H2,1-2H3/b37-35-,38-36-. The van der Waals surface area contributed by atoms with E-state index in [0.717, 1.165) is 55.2 Å². The number of hydrogen-bond acceptors (Lipinski definition) is 4. The Labute approximate surface area is 245 Å². The molecule has 2 nitrogen and oxygen atoms in total. The van der Waals surface area contributed by atoms with Gasteiger partial charge in [-0.25, -0.2) is 9.98 Å². The Morgan fingerprint density at radius 1 is 0.450 bits per heavy atom. The van der Waals surface area contributed by atoms with Crippen molar-refractivity contribution in [3.8, 4) is 33.4 Å². The average Bonchev–Trinajstić information content (AvgIpc) is 3.01. The lowest BCUT2D eigenvalue weighted by atomic mass is 9.91. The summed E-state index contributed by atoms with van der Waals surface area (Å²) < 4.78 is 0. The Bertz CT molecular complexity index is 1610. The predicted octanol–water partition coefficient (Wildman–Crippen LogP) is 10.5. The Kier molecular flexibility index (Phi) is 7.99. The maximum Gasteiger partial charge on any atom is 0.129 e. The van der Waals surface area contributed by atoms with Gasteiger partial charge in [0.1, 0.15) is 10.1 Å². The van der Waals surface area contributed by atoms with E-state index >= 15 is 0 Å². The Balaban J connectivity index is 1.61. The van der Waals surface area contributed by atoms with Gasteiger partial charge >= 0.3 is 0 Å². The molecule has 4 heteroatoms. The van der Waals surface area contributed by atoms with Crippen molar-refractivity contribution in [2.45, 2.75) is 13.8 Å². The van der Waals surface area contributed by atoms with Crippen LogP contribution in [-0.2, 0) is 0 Å². The van der Waals surface area contributed by atoms with E-state index in [1.165, 1.54) is 22.3 Å². The van der Waals surface area contributed by atoms with Gasteiger partial charge in [0.2, 0.25) is 0 Å². The second-order valence-corrected chi connectivity index (χ2v) is 12.0. The minimum absolute atomic E-state index is 0.983. The molecule has 40 heavy (non-hydrogen) atoms. The average molecular weight is 555 g/mol. The predicted molar refractivity (Wildman–Crippen MR) is 178 cm³/mol. The third kappa shape index (κ3) is 5.70. The van der Waals surface area contributed by atoms with E-state index in [4.69, 9.17) is 9.98 Å². The van der Waals surface area contributed by atoms with Crippen LogP contribution in [0.3, 0.4) is 0 Å². The summed E-state index contributed by atoms with van der Waals surface area (Å²) in [6, 6.07) is 42.8. The van der Waals surface area contributed by atoms with Gasteiger partial charge in [-0.05, 0) is 59.4 Å². The third-order valence-corrected chi connectivity index (χ3v) is 9.32. The third-order valence-electron chi connectivity index (χ3n) is 7.00. The van der Waals surface area contributed by atoms with Gasteiger partial charge in [-0.2, -0.15) is 0 Å². The molecule has 0 spiro atoms. The summed E-state index contributed by atoms with van der Waals surface area (Å²) in [6.45, 7) is 4.26. The molecular formula is C36H30N2S2. The highest BCUT2D eigenvalue weighted by molar-refractivity contribution is 8.27. The van der Waals surface area contributed by atoms with E-state index < -0.39 is 0 Å². The fraction of sp³-hybridized carbons (Fsp3) is 0.111. The molecule has 1 aliphatic heterocycles. The quantitative estimate of drug-likeness (QED) is 0.216. The molecule has 1 saturated heterocycles. The van der Waals surface area contributed by atoms with E-state index in [9.17, 15) is 0 Å². The van der Waals surface area contributed by atoms with Gasteiger partial charge in [0, 0.05) is 22.6 Å². The van der Waals surface area contributed by atoms with Gasteiger partial charge in [0.25, 0.3) is 0 Å². The topological polar surface area (TPSA) is 24.7 Å². The zero-order valence-electron chi connectivity index (χ0n) is 22.7. The minimum atomic E-state index is 0.983. The largest absolute Gasteiger partial charge is 0.239 e. The summed E-state index contributed by atoms with van der Waals surface area (Å²) >= 11 is 3.61. The maximum absolute atomic E-state index is 5.47. The molecule has 0 amide bonds. The minimum Gasteiger partial charge on any atom is -0.239 e. The van der Waals surface area contributed by atoms with Gasteiger partial charge < -0.3 is 0 Å². The van der Waals surface area contributed by atoms with E-state index in [2.05, 4.69) is 135 Å². The molecule has 5 aromatic carbocycles. The van der Waals surface area contributed by atoms with Gasteiger partial charge in [-0.3, -0.25) is 0 Å². The molecule has 0 atom stereocenters. The molecule has 1 fully saturated rings. The number of aryl methyl sites for hydroxylation is 2. The number of benzene rings is 5. The molecular weight excluding hydrogens is 525 g/mol. The zero-order chi connectivity index (χ0) is 27.3. The van der Waals surface area contributed by atoms with Crippen LogP contribution < -0.4 is 0 Å². The molecule has 0 saturated carbocycles. The van der Waals surface area contributed by atoms with Crippen LogP contribution in [0, 0.1) is 13.8 Å². The van der Waals surface area contributed by atoms with Crippen LogP contribution in [0.2, 0.25) is 0 Å². The number of nitrogens with zero attached hydrogens (tertiary/aromatic N) is 2. The van der Waals surface area contributed by atoms with E-state index in [1.54, 1.807) is 23.5 Å². The molecule has 0 aromatic heterocycles. The van der Waals surface area contributed by atoms with Crippen LogP contribution in [-0.4, -0.2) is 21.6 Å². The first-order chi connectivity index (χ1) is 19.7. The summed E-state index contributed by atoms with van der Waals surface area (Å²) in [4.78, 5) is 10.7. The molecule has 0 unspecified atom stereocenters. The Morgan fingerprint density at radius 3 is 1.35 bits per heavy atom. The van der Waals surface area contributed by atoms with Crippen molar-refractivity contribution >= 4 is 45.0 Å². The van der Waals surface area contributed by atoms with Crippen LogP contribution in [0.15, 0.2) is 131 Å². The molecule has 6 rings (SSSR count). The van der Waals surface area contributed by atoms with Gasteiger partial charge in [0.15, 0.2) is 0 Å². The lowest BCUT2D eigenvalue weighted by Crippen LogP contribution is -2.14. The first-order valence-electron chi connectivity index (χ1n) is 13.5. The summed E-state index contributed by atoms with van der Waals surface area (Å²) in [5.41, 5.74) is 11.3. The van der Waals surface area contributed by atoms with Crippen molar-refractivity contribution in [3.63, 3.8) is 0 Å². The molecule has 0 radical (unpaired) electrons. The van der Waals surface area contributed by atoms with Crippen LogP contribution in [0.25, 0.3) is 33.4 Å². The summed E-state index contributed by atoms with van der Waals surface area (Å²) in [7, 11) is 0. The first kappa shape index (κ1) is 26.4. The van der Waals surface area contributed by atoms with Crippen molar-refractivity contribution < 1.29 is 0 Å². The lowest BCUT2D eigenvalue weighted by molar-refractivity contribution is 1.33. The lowest BCUT2D eigenvalue weighted by Gasteiger charge is -2.19. The van der Waals surface area contributed by atoms with Crippen LogP contribution in [0.1, 0.15) is 11.1 Å². The summed E-state index contributed by atoms with van der Waals surface area (Å²) in [5, 5.41) is 1.99. The molecule has 196 valence electrons. The van der Waals surface area contributed by atoms with Crippen molar-refractivity contribution in [2.75, 3.05) is 11.5 Å². The molecule has 0 aliphatic carbocycles. The van der Waals surface area contributed by atoms with Crippen molar-refractivity contribution in [3.05, 3.63) is 132 Å². The molecule has 5 aromatic rings. The van der Waals surface area contributed by atoms with E-state index in [0.29, 0.717) is 0 Å². The molecule has 0 bridgehead atoms. The van der Waals surface area contributed by atoms with Crippen LogP contribution in [0.5, 0.6) is 0 Å². The van der Waals surface area contributed by atoms with Crippen LogP contribution in [0.4, 0.5) is 11.4 Å². The number of para-hydroxylation sites is 1. The molecule has 1 heterocycles. The smallest absolute Gasteiger partial charge is 0.129 e. The number of hydrogen-bond donors (Lipinski definition) is 0. The second kappa shape index (κ2) is 12.1. The fourth-order valence-corrected chi connectivity index (χ4v) is 7.03. The van der Waals surface area contributed by atoms with Crippen molar-refractivity contribution in [1.82, 2.24) is 0 Å². The van der Waals surface area contributed by atoms with Gasteiger partial charge in [-0.1, -0.05) is 109 Å². The maximum atomic E-state index is 5.47. The van der Waals surface area contributed by atoms with Crippen molar-refractivity contribution in [1.29, 1.82) is 0 Å². The second-order valence-electron chi connectivity index (χ2n) is 9.79.